The fourth-order valence-corrected chi connectivity index (χ4v) is 3.96. The zero-order valence-corrected chi connectivity index (χ0v) is 16.2. The van der Waals surface area contributed by atoms with Crippen LogP contribution in [0.4, 0.5) is 10.1 Å². The first kappa shape index (κ1) is 19.0. The molecule has 2 aromatic carbocycles. The molecule has 2 aliphatic heterocycles. The number of halogens is 2. The maximum Gasteiger partial charge on any atom is 0.238 e. The molecule has 0 spiro atoms. The van der Waals surface area contributed by atoms with Crippen molar-refractivity contribution in [1.29, 1.82) is 0 Å². The second kappa shape index (κ2) is 8.37. The monoisotopic (exact) mass is 404 g/mol. The molecule has 148 valence electrons. The lowest BCUT2D eigenvalue weighted by Gasteiger charge is -2.25. The van der Waals surface area contributed by atoms with Gasteiger partial charge >= 0.3 is 0 Å². The van der Waals surface area contributed by atoms with Crippen molar-refractivity contribution in [3.8, 4) is 11.5 Å². The van der Waals surface area contributed by atoms with Gasteiger partial charge in [0, 0.05) is 12.5 Å². The minimum atomic E-state index is -0.433. The van der Waals surface area contributed by atoms with Crippen LogP contribution in [0.25, 0.3) is 0 Å². The summed E-state index contributed by atoms with van der Waals surface area (Å²) in [5.41, 5.74) is 1.54. The third kappa shape index (κ3) is 4.23. The normalized spacial score (nSPS) is 19.3. The van der Waals surface area contributed by atoms with E-state index in [1.165, 1.54) is 18.2 Å². The molecule has 5 nitrogen and oxygen atoms in total. The molecule has 0 unspecified atom stereocenters. The molecule has 1 amide bonds. The lowest BCUT2D eigenvalue weighted by Crippen LogP contribution is -2.33. The molecule has 4 rings (SSSR count). The summed E-state index contributed by atoms with van der Waals surface area (Å²) in [4.78, 5) is 14.7. The van der Waals surface area contributed by atoms with Crippen LogP contribution in [0.1, 0.15) is 30.9 Å². The summed E-state index contributed by atoms with van der Waals surface area (Å²) in [5.74, 6) is 0.936. The minimum Gasteiger partial charge on any atom is -0.490 e. The first-order chi connectivity index (χ1) is 13.6. The van der Waals surface area contributed by atoms with Crippen LogP contribution >= 0.6 is 11.6 Å². The zero-order chi connectivity index (χ0) is 19.5. The van der Waals surface area contributed by atoms with E-state index < -0.39 is 5.82 Å². The SMILES string of the molecule is O=C(CN1CCC[C@H]1c1ccc2c(c1)OCCCO2)Nc1ccc(F)cc1Cl. The number of anilines is 1. The summed E-state index contributed by atoms with van der Waals surface area (Å²) in [5, 5.41) is 2.96. The number of carbonyl (C=O) groups excluding carboxylic acids is 1. The summed E-state index contributed by atoms with van der Waals surface area (Å²) in [6.07, 6.45) is 2.86. The van der Waals surface area contributed by atoms with Crippen molar-refractivity contribution in [2.24, 2.45) is 0 Å². The summed E-state index contributed by atoms with van der Waals surface area (Å²) in [7, 11) is 0. The van der Waals surface area contributed by atoms with Crippen LogP contribution in [-0.2, 0) is 4.79 Å². The summed E-state index contributed by atoms with van der Waals surface area (Å²) in [6, 6.07) is 10.1. The van der Waals surface area contributed by atoms with Crippen molar-refractivity contribution in [3.63, 3.8) is 0 Å². The Morgan fingerprint density at radius 1 is 1.14 bits per heavy atom. The van der Waals surface area contributed by atoms with E-state index in [0.717, 1.165) is 42.9 Å². The fourth-order valence-electron chi connectivity index (χ4n) is 3.75. The van der Waals surface area contributed by atoms with Crippen LogP contribution in [0, 0.1) is 5.82 Å². The van der Waals surface area contributed by atoms with Crippen molar-refractivity contribution in [3.05, 3.63) is 52.8 Å². The fraction of sp³-hybridized carbons (Fsp3) is 0.381. The Kier molecular flexibility index (Phi) is 5.69. The van der Waals surface area contributed by atoms with E-state index in [1.807, 2.05) is 18.2 Å². The number of ether oxygens (including phenoxy) is 2. The predicted molar refractivity (Wildman–Crippen MR) is 106 cm³/mol. The van der Waals surface area contributed by atoms with E-state index in [0.29, 0.717) is 18.9 Å². The molecule has 2 aliphatic rings. The Balaban J connectivity index is 1.45. The molecule has 1 N–H and O–H groups in total. The molecular weight excluding hydrogens is 383 g/mol. The van der Waals surface area contributed by atoms with Gasteiger partial charge in [-0.15, -0.1) is 0 Å². The van der Waals surface area contributed by atoms with Gasteiger partial charge in [0.1, 0.15) is 5.82 Å². The number of fused-ring (bicyclic) bond motifs is 1. The van der Waals surface area contributed by atoms with E-state index in [9.17, 15) is 9.18 Å². The quantitative estimate of drug-likeness (QED) is 0.819. The Hall–Kier alpha value is -2.31. The number of likely N-dealkylation sites (tertiary alicyclic amines) is 1. The molecule has 0 radical (unpaired) electrons. The standard InChI is InChI=1S/C21H22ClFN2O3/c22-16-12-15(23)5-6-17(16)24-21(26)13-25-8-1-3-18(25)14-4-7-19-20(11-14)28-10-2-9-27-19/h4-7,11-12,18H,1-3,8-10,13H2,(H,24,26)/t18-/m0/s1. The third-order valence-corrected chi connectivity index (χ3v) is 5.38. The van der Waals surface area contributed by atoms with E-state index in [2.05, 4.69) is 10.2 Å². The Morgan fingerprint density at radius 3 is 2.79 bits per heavy atom. The van der Waals surface area contributed by atoms with Gasteiger partial charge in [-0.3, -0.25) is 9.69 Å². The molecule has 0 saturated carbocycles. The molecule has 2 heterocycles. The molecule has 0 aromatic heterocycles. The van der Waals surface area contributed by atoms with Gasteiger partial charge in [0.25, 0.3) is 0 Å². The number of benzene rings is 2. The number of rotatable bonds is 4. The van der Waals surface area contributed by atoms with Crippen LogP contribution < -0.4 is 14.8 Å². The number of nitrogens with one attached hydrogen (secondary N) is 1. The first-order valence-electron chi connectivity index (χ1n) is 9.48. The maximum atomic E-state index is 13.2. The summed E-state index contributed by atoms with van der Waals surface area (Å²) >= 11 is 6.00. The van der Waals surface area contributed by atoms with Crippen LogP contribution in [0.15, 0.2) is 36.4 Å². The van der Waals surface area contributed by atoms with Gasteiger partial charge in [0.2, 0.25) is 5.91 Å². The molecule has 1 fully saturated rings. The van der Waals surface area contributed by atoms with Gasteiger partial charge in [-0.05, 0) is 55.3 Å². The highest BCUT2D eigenvalue weighted by molar-refractivity contribution is 6.33. The van der Waals surface area contributed by atoms with Gasteiger partial charge in [-0.1, -0.05) is 17.7 Å². The van der Waals surface area contributed by atoms with Gasteiger partial charge in [0.15, 0.2) is 11.5 Å². The number of nitrogens with zero attached hydrogens (tertiary/aromatic N) is 1. The van der Waals surface area contributed by atoms with Gasteiger partial charge in [-0.2, -0.15) is 0 Å². The lowest BCUT2D eigenvalue weighted by molar-refractivity contribution is -0.117. The average molecular weight is 405 g/mol. The second-order valence-electron chi connectivity index (χ2n) is 7.06. The van der Waals surface area contributed by atoms with Crippen molar-refractivity contribution in [2.75, 3.05) is 31.6 Å². The Morgan fingerprint density at radius 2 is 1.96 bits per heavy atom. The molecular formula is C21H22ClFN2O3. The summed E-state index contributed by atoms with van der Waals surface area (Å²) in [6.45, 7) is 2.39. The second-order valence-corrected chi connectivity index (χ2v) is 7.46. The van der Waals surface area contributed by atoms with Gasteiger partial charge in [0.05, 0.1) is 30.5 Å². The van der Waals surface area contributed by atoms with Crippen LogP contribution in [0.3, 0.4) is 0 Å². The molecule has 28 heavy (non-hydrogen) atoms. The van der Waals surface area contributed by atoms with Crippen LogP contribution in [-0.4, -0.2) is 37.1 Å². The highest BCUT2D eigenvalue weighted by Gasteiger charge is 2.28. The molecule has 7 heteroatoms. The first-order valence-corrected chi connectivity index (χ1v) is 9.86. The number of carbonyl (C=O) groups is 1. The van der Waals surface area contributed by atoms with E-state index >= 15 is 0 Å². The number of hydrogen-bond acceptors (Lipinski definition) is 4. The molecule has 2 aromatic rings. The van der Waals surface area contributed by atoms with Crippen molar-refractivity contribution < 1.29 is 18.7 Å². The smallest absolute Gasteiger partial charge is 0.238 e. The Labute approximate surface area is 168 Å². The predicted octanol–water partition coefficient (Wildman–Crippen LogP) is 4.42. The summed E-state index contributed by atoms with van der Waals surface area (Å²) < 4.78 is 24.7. The highest BCUT2D eigenvalue weighted by atomic mass is 35.5. The van der Waals surface area contributed by atoms with Gasteiger partial charge < -0.3 is 14.8 Å². The molecule has 0 bridgehead atoms. The van der Waals surface area contributed by atoms with Crippen LogP contribution in [0.2, 0.25) is 5.02 Å². The maximum absolute atomic E-state index is 13.2. The number of amides is 1. The average Bonchev–Trinajstić information content (AvgIpc) is 2.99. The topological polar surface area (TPSA) is 50.8 Å². The minimum absolute atomic E-state index is 0.145. The Bertz CT molecular complexity index is 877. The zero-order valence-electron chi connectivity index (χ0n) is 15.4. The molecule has 1 saturated heterocycles. The number of hydrogen-bond donors (Lipinski definition) is 1. The van der Waals surface area contributed by atoms with E-state index in [1.54, 1.807) is 0 Å². The van der Waals surface area contributed by atoms with Crippen molar-refractivity contribution >= 4 is 23.2 Å². The van der Waals surface area contributed by atoms with Crippen molar-refractivity contribution in [2.45, 2.75) is 25.3 Å². The molecule has 0 aliphatic carbocycles. The van der Waals surface area contributed by atoms with E-state index in [4.69, 9.17) is 21.1 Å². The largest absolute Gasteiger partial charge is 0.490 e. The highest BCUT2D eigenvalue weighted by Crippen LogP contribution is 2.37. The van der Waals surface area contributed by atoms with Crippen molar-refractivity contribution in [1.82, 2.24) is 4.90 Å². The van der Waals surface area contributed by atoms with E-state index in [-0.39, 0.29) is 23.5 Å². The lowest BCUT2D eigenvalue weighted by atomic mass is 10.0. The molecule has 1 atom stereocenters. The van der Waals surface area contributed by atoms with Gasteiger partial charge in [-0.25, -0.2) is 4.39 Å². The third-order valence-electron chi connectivity index (χ3n) is 5.07. The van der Waals surface area contributed by atoms with Crippen LogP contribution in [0.5, 0.6) is 11.5 Å².